The quantitative estimate of drug-likeness (QED) is 0.743. The third kappa shape index (κ3) is 4.94. The highest BCUT2D eigenvalue weighted by molar-refractivity contribution is 5.77. The summed E-state index contributed by atoms with van der Waals surface area (Å²) < 4.78 is 17.2. The van der Waals surface area contributed by atoms with Crippen molar-refractivity contribution in [2.45, 2.75) is 37.6 Å². The van der Waals surface area contributed by atoms with Crippen molar-refractivity contribution >= 4 is 5.91 Å². The summed E-state index contributed by atoms with van der Waals surface area (Å²) in [5, 5.41) is 13.7. The Morgan fingerprint density at radius 2 is 1.94 bits per heavy atom. The van der Waals surface area contributed by atoms with E-state index in [-0.39, 0.29) is 23.6 Å². The molecule has 2 N–H and O–H groups in total. The number of aryl methyl sites for hydroxylation is 1. The standard InChI is InChI=1S/C26H32N2O5/c1-31-23-6-4-19-13-25(23)33-24-12-17(2-5-22(24)29)3-7-26(30)27-21-16-28(15-20(19)21)14-18-8-10-32-11-9-18/h2,4-6,12-13,18,20-21,29H,3,7-11,14-16H2,1H3,(H,27,30)/t20-,21+/m0/s1. The van der Waals surface area contributed by atoms with Gasteiger partial charge in [0.1, 0.15) is 0 Å². The van der Waals surface area contributed by atoms with Crippen molar-refractivity contribution < 1.29 is 24.1 Å². The smallest absolute Gasteiger partial charge is 0.220 e. The van der Waals surface area contributed by atoms with Gasteiger partial charge < -0.3 is 29.5 Å². The molecule has 2 aromatic rings. The van der Waals surface area contributed by atoms with Gasteiger partial charge in [0.2, 0.25) is 5.91 Å². The zero-order valence-corrected chi connectivity index (χ0v) is 19.1. The second-order valence-corrected chi connectivity index (χ2v) is 9.37. The first-order valence-corrected chi connectivity index (χ1v) is 11.9. The van der Waals surface area contributed by atoms with Gasteiger partial charge in [0.25, 0.3) is 0 Å². The molecule has 4 bridgehead atoms. The first-order chi connectivity index (χ1) is 16.1. The summed E-state index contributed by atoms with van der Waals surface area (Å²) in [5.41, 5.74) is 2.04. The lowest BCUT2D eigenvalue weighted by molar-refractivity contribution is -0.121. The van der Waals surface area contributed by atoms with Gasteiger partial charge in [-0.25, -0.2) is 0 Å². The molecule has 0 radical (unpaired) electrons. The molecule has 33 heavy (non-hydrogen) atoms. The molecule has 0 saturated carbocycles. The fourth-order valence-electron chi connectivity index (χ4n) is 5.27. The average Bonchev–Trinajstić information content (AvgIpc) is 3.21. The van der Waals surface area contributed by atoms with Crippen LogP contribution in [0.15, 0.2) is 36.4 Å². The highest BCUT2D eigenvalue weighted by Gasteiger charge is 2.36. The number of phenols is 1. The van der Waals surface area contributed by atoms with Crippen molar-refractivity contribution in [3.63, 3.8) is 0 Å². The normalized spacial score (nSPS) is 24.0. The Morgan fingerprint density at radius 3 is 2.76 bits per heavy atom. The SMILES string of the molecule is COc1ccc2cc1Oc1cc(ccc1O)CCC(=O)N[C@@H]1CN(CC3CCOCC3)C[C@@H]21. The Hall–Kier alpha value is -2.77. The van der Waals surface area contributed by atoms with Crippen LogP contribution in [0.5, 0.6) is 23.0 Å². The van der Waals surface area contributed by atoms with Crippen LogP contribution in [0.3, 0.4) is 0 Å². The molecular weight excluding hydrogens is 420 g/mol. The van der Waals surface area contributed by atoms with Gasteiger partial charge in [-0.15, -0.1) is 0 Å². The fourth-order valence-corrected chi connectivity index (χ4v) is 5.27. The van der Waals surface area contributed by atoms with Crippen LogP contribution in [-0.2, 0) is 16.0 Å². The Balaban J connectivity index is 1.46. The van der Waals surface area contributed by atoms with Gasteiger partial charge >= 0.3 is 0 Å². The molecule has 0 aromatic heterocycles. The van der Waals surface area contributed by atoms with Crippen molar-refractivity contribution in [2.75, 3.05) is 40.0 Å². The van der Waals surface area contributed by atoms with Gasteiger partial charge in [-0.05, 0) is 60.6 Å². The third-order valence-electron chi connectivity index (χ3n) is 7.10. The number of ether oxygens (including phenoxy) is 3. The minimum atomic E-state index is 0.0378. The number of hydrogen-bond donors (Lipinski definition) is 2. The minimum Gasteiger partial charge on any atom is -0.504 e. The van der Waals surface area contributed by atoms with Crippen molar-refractivity contribution in [1.82, 2.24) is 10.2 Å². The lowest BCUT2D eigenvalue weighted by Crippen LogP contribution is -2.40. The molecule has 176 valence electrons. The van der Waals surface area contributed by atoms with Crippen LogP contribution in [-0.4, -0.2) is 61.9 Å². The second kappa shape index (κ2) is 9.61. The summed E-state index contributed by atoms with van der Waals surface area (Å²) in [5.74, 6) is 2.45. The van der Waals surface area contributed by atoms with E-state index in [4.69, 9.17) is 14.2 Å². The van der Waals surface area contributed by atoms with Gasteiger partial charge in [0, 0.05) is 51.2 Å². The molecule has 2 atom stereocenters. The van der Waals surface area contributed by atoms with Crippen molar-refractivity contribution in [3.05, 3.63) is 47.5 Å². The molecule has 2 fully saturated rings. The van der Waals surface area contributed by atoms with Gasteiger partial charge in [0.15, 0.2) is 23.0 Å². The summed E-state index contributed by atoms with van der Waals surface area (Å²) in [6, 6.07) is 11.2. The van der Waals surface area contributed by atoms with E-state index >= 15 is 0 Å². The van der Waals surface area contributed by atoms with E-state index in [0.717, 1.165) is 56.8 Å². The van der Waals surface area contributed by atoms with Crippen molar-refractivity contribution in [1.29, 1.82) is 0 Å². The highest BCUT2D eigenvalue weighted by Crippen LogP contribution is 2.40. The summed E-state index contributed by atoms with van der Waals surface area (Å²) in [7, 11) is 1.61. The molecule has 3 aliphatic heterocycles. The second-order valence-electron chi connectivity index (χ2n) is 9.37. The largest absolute Gasteiger partial charge is 0.504 e. The Morgan fingerprint density at radius 1 is 1.09 bits per heavy atom. The molecule has 0 spiro atoms. The first-order valence-electron chi connectivity index (χ1n) is 11.9. The third-order valence-corrected chi connectivity index (χ3v) is 7.10. The first kappa shape index (κ1) is 22.0. The highest BCUT2D eigenvalue weighted by atomic mass is 16.5. The number of aromatic hydroxyl groups is 1. The molecule has 2 aromatic carbocycles. The van der Waals surface area contributed by atoms with Crippen molar-refractivity contribution in [3.8, 4) is 23.0 Å². The number of carbonyl (C=O) groups is 1. The number of rotatable bonds is 3. The van der Waals surface area contributed by atoms with E-state index in [9.17, 15) is 9.90 Å². The Bertz CT molecular complexity index is 1000. The number of carbonyl (C=O) groups excluding carboxylic acids is 1. The van der Waals surface area contributed by atoms with E-state index in [1.807, 2.05) is 18.2 Å². The number of nitrogens with zero attached hydrogens (tertiary/aromatic N) is 1. The van der Waals surface area contributed by atoms with E-state index in [0.29, 0.717) is 36.0 Å². The summed E-state index contributed by atoms with van der Waals surface area (Å²) in [6.07, 6.45) is 3.18. The van der Waals surface area contributed by atoms with Crippen LogP contribution in [0.25, 0.3) is 0 Å². The minimum absolute atomic E-state index is 0.0378. The summed E-state index contributed by atoms with van der Waals surface area (Å²) in [6.45, 7) is 4.43. The predicted molar refractivity (Wildman–Crippen MR) is 124 cm³/mol. The molecule has 5 rings (SSSR count). The molecule has 7 heteroatoms. The van der Waals surface area contributed by atoms with Gasteiger partial charge in [0.05, 0.1) is 7.11 Å². The van der Waals surface area contributed by atoms with Crippen LogP contribution in [0.2, 0.25) is 0 Å². The van der Waals surface area contributed by atoms with Crippen LogP contribution < -0.4 is 14.8 Å². The number of nitrogens with one attached hydrogen (secondary N) is 1. The summed E-state index contributed by atoms with van der Waals surface area (Å²) in [4.78, 5) is 15.3. The monoisotopic (exact) mass is 452 g/mol. The number of methoxy groups -OCH3 is 1. The van der Waals surface area contributed by atoms with Gasteiger partial charge in [-0.3, -0.25) is 4.79 Å². The number of likely N-dealkylation sites (tertiary alicyclic amines) is 1. The van der Waals surface area contributed by atoms with Crippen LogP contribution in [0, 0.1) is 5.92 Å². The maximum absolute atomic E-state index is 12.9. The number of fused-ring (bicyclic) bond motifs is 6. The van der Waals surface area contributed by atoms with E-state index in [1.165, 1.54) is 0 Å². The lowest BCUT2D eigenvalue weighted by Gasteiger charge is -2.27. The zero-order chi connectivity index (χ0) is 22.8. The molecule has 3 aliphatic rings. The van der Waals surface area contributed by atoms with E-state index in [2.05, 4.69) is 16.3 Å². The van der Waals surface area contributed by atoms with Crippen LogP contribution in [0.1, 0.15) is 36.3 Å². The molecule has 0 aliphatic carbocycles. The molecule has 7 nitrogen and oxygen atoms in total. The average molecular weight is 453 g/mol. The van der Waals surface area contributed by atoms with E-state index < -0.39 is 0 Å². The maximum atomic E-state index is 12.9. The maximum Gasteiger partial charge on any atom is 0.220 e. The fraction of sp³-hybridized carbons (Fsp3) is 0.500. The van der Waals surface area contributed by atoms with Crippen LogP contribution in [0.4, 0.5) is 0 Å². The number of amides is 1. The Kier molecular flexibility index (Phi) is 6.42. The zero-order valence-electron chi connectivity index (χ0n) is 19.1. The predicted octanol–water partition coefficient (Wildman–Crippen LogP) is 3.45. The van der Waals surface area contributed by atoms with Gasteiger partial charge in [-0.2, -0.15) is 0 Å². The molecule has 3 heterocycles. The van der Waals surface area contributed by atoms with Gasteiger partial charge in [-0.1, -0.05) is 12.1 Å². The molecule has 0 unspecified atom stereocenters. The topological polar surface area (TPSA) is 80.3 Å². The summed E-state index contributed by atoms with van der Waals surface area (Å²) >= 11 is 0. The molecule has 1 amide bonds. The number of benzene rings is 2. The number of phenolic OH excluding ortho intramolecular Hbond substituents is 1. The van der Waals surface area contributed by atoms with Crippen molar-refractivity contribution in [2.24, 2.45) is 5.92 Å². The van der Waals surface area contributed by atoms with Crippen LogP contribution >= 0.6 is 0 Å². The number of hydrogen-bond acceptors (Lipinski definition) is 6. The van der Waals surface area contributed by atoms with E-state index in [1.54, 1.807) is 19.2 Å². The lowest BCUT2D eigenvalue weighted by atomic mass is 9.93. The molecular formula is C26H32N2O5. The molecule has 2 saturated heterocycles. The Labute approximate surface area is 194 Å².